The summed E-state index contributed by atoms with van der Waals surface area (Å²) in [7, 11) is 0. The molecule has 0 fully saturated rings. The van der Waals surface area contributed by atoms with E-state index in [1.54, 1.807) is 26.0 Å². The number of aromatic hydroxyl groups is 1. The Kier molecular flexibility index (Phi) is 4.74. The van der Waals surface area contributed by atoms with Crippen LogP contribution >= 0.6 is 0 Å². The summed E-state index contributed by atoms with van der Waals surface area (Å²) in [4.78, 5) is 15.8. The summed E-state index contributed by atoms with van der Waals surface area (Å²) in [5.74, 6) is -1.02. The van der Waals surface area contributed by atoms with Gasteiger partial charge in [0.15, 0.2) is 0 Å². The topological polar surface area (TPSA) is 97.3 Å². The van der Waals surface area contributed by atoms with E-state index < -0.39 is 11.8 Å². The Balaban J connectivity index is 1.71. The second kappa shape index (κ2) is 7.14. The van der Waals surface area contributed by atoms with E-state index in [9.17, 15) is 14.3 Å². The van der Waals surface area contributed by atoms with Crippen molar-refractivity contribution in [2.24, 2.45) is 10.2 Å². The largest absolute Gasteiger partial charge is 0.507 e. The number of rotatable bonds is 4. The molecule has 132 valence electrons. The monoisotopic (exact) mass is 355 g/mol. The molecule has 0 atom stereocenters. The number of aryl methyl sites for hydroxylation is 2. The first-order valence-electron chi connectivity index (χ1n) is 7.58. The summed E-state index contributed by atoms with van der Waals surface area (Å²) in [5, 5.41) is 17.5. The summed E-state index contributed by atoms with van der Waals surface area (Å²) < 4.78 is 23.1. The van der Waals surface area contributed by atoms with Crippen molar-refractivity contribution in [2.45, 2.75) is 13.8 Å². The van der Waals surface area contributed by atoms with E-state index in [2.05, 4.69) is 15.2 Å². The third-order valence-electron chi connectivity index (χ3n) is 3.45. The fourth-order valence-corrected chi connectivity index (χ4v) is 2.16. The van der Waals surface area contributed by atoms with Gasteiger partial charge >= 0.3 is 12.0 Å². The summed E-state index contributed by atoms with van der Waals surface area (Å²) in [6.07, 6.45) is 1.16. The van der Waals surface area contributed by atoms with Gasteiger partial charge in [0.25, 0.3) is 0 Å². The first kappa shape index (κ1) is 17.3. The molecule has 0 aliphatic rings. The molecule has 0 saturated heterocycles. The Hall–Kier alpha value is -3.55. The molecule has 0 aliphatic carbocycles. The molecular weight excluding hydrogens is 341 g/mol. The van der Waals surface area contributed by atoms with Gasteiger partial charge in [-0.25, -0.2) is 9.18 Å². The highest BCUT2D eigenvalue weighted by molar-refractivity contribution is 5.87. The van der Waals surface area contributed by atoms with E-state index in [4.69, 9.17) is 9.15 Å². The van der Waals surface area contributed by atoms with Gasteiger partial charge in [0.1, 0.15) is 17.3 Å². The van der Waals surface area contributed by atoms with Crippen LogP contribution in [0.3, 0.4) is 0 Å². The molecule has 3 rings (SSSR count). The molecule has 1 N–H and O–H groups in total. The fourth-order valence-electron chi connectivity index (χ4n) is 2.16. The van der Waals surface area contributed by atoms with Gasteiger partial charge in [-0.3, -0.25) is 0 Å². The van der Waals surface area contributed by atoms with Crippen molar-refractivity contribution in [2.75, 3.05) is 0 Å². The first-order valence-corrected chi connectivity index (χ1v) is 7.58. The highest BCUT2D eigenvalue weighted by Gasteiger charge is 2.15. The highest BCUT2D eigenvalue weighted by atomic mass is 19.1. The molecule has 0 spiro atoms. The lowest BCUT2D eigenvalue weighted by molar-refractivity contribution is 0.0702. The maximum Gasteiger partial charge on any atom is 0.381 e. The third kappa shape index (κ3) is 3.92. The second-order valence-corrected chi connectivity index (χ2v) is 5.48. The lowest BCUT2D eigenvalue weighted by Gasteiger charge is -2.03. The van der Waals surface area contributed by atoms with E-state index in [-0.39, 0.29) is 23.3 Å². The molecular formula is C18H14FN3O4. The van der Waals surface area contributed by atoms with Crippen molar-refractivity contribution < 1.29 is 23.4 Å². The van der Waals surface area contributed by atoms with Gasteiger partial charge < -0.3 is 14.3 Å². The normalized spacial score (nSPS) is 11.0. The number of carbonyl (C=O) groups excluding carboxylic acids is 1. The van der Waals surface area contributed by atoms with Crippen molar-refractivity contribution in [1.82, 2.24) is 4.98 Å². The first-order chi connectivity index (χ1) is 12.4. The van der Waals surface area contributed by atoms with Crippen LogP contribution in [0.1, 0.15) is 21.7 Å². The van der Waals surface area contributed by atoms with Crippen molar-refractivity contribution in [3.63, 3.8) is 0 Å². The van der Waals surface area contributed by atoms with Crippen LogP contribution in [-0.2, 0) is 0 Å². The van der Waals surface area contributed by atoms with Crippen LogP contribution in [0.2, 0.25) is 0 Å². The Bertz CT molecular complexity index is 957. The van der Waals surface area contributed by atoms with Gasteiger partial charge in [0, 0.05) is 0 Å². The van der Waals surface area contributed by atoms with E-state index in [1.165, 1.54) is 24.3 Å². The zero-order valence-electron chi connectivity index (χ0n) is 13.9. The standard InChI is InChI=1S/C18H14FN3O4/c1-10-7-13(8-11(2)16(10)23)21-22-18-20-9-15(26-18)17(24)25-14-5-3-12(19)4-6-14/h3-9,23H,1-2H3. The minimum Gasteiger partial charge on any atom is -0.507 e. The average Bonchev–Trinajstić information content (AvgIpc) is 3.09. The number of benzene rings is 2. The van der Waals surface area contributed by atoms with Gasteiger partial charge in [-0.1, -0.05) is 5.11 Å². The number of phenols is 1. The molecule has 0 amide bonds. The van der Waals surface area contributed by atoms with Crippen molar-refractivity contribution >= 4 is 17.7 Å². The summed E-state index contributed by atoms with van der Waals surface area (Å²) in [6.45, 7) is 3.49. The number of phenolic OH excluding ortho intramolecular Hbond substituents is 1. The molecule has 0 unspecified atom stereocenters. The predicted octanol–water partition coefficient (Wildman–Crippen LogP) is 4.77. The molecule has 7 nitrogen and oxygen atoms in total. The highest BCUT2D eigenvalue weighted by Crippen LogP contribution is 2.28. The van der Waals surface area contributed by atoms with Crippen LogP contribution in [0.5, 0.6) is 11.5 Å². The van der Waals surface area contributed by atoms with E-state index in [0.29, 0.717) is 16.8 Å². The zero-order chi connectivity index (χ0) is 18.7. The van der Waals surface area contributed by atoms with Gasteiger partial charge in [-0.15, -0.1) is 5.11 Å². The molecule has 1 heterocycles. The van der Waals surface area contributed by atoms with E-state index in [1.807, 2.05) is 0 Å². The number of azo groups is 1. The van der Waals surface area contributed by atoms with Crippen LogP contribution < -0.4 is 4.74 Å². The molecule has 0 aliphatic heterocycles. The van der Waals surface area contributed by atoms with Crippen LogP contribution in [0.4, 0.5) is 16.1 Å². The fraction of sp³-hybridized carbons (Fsp3) is 0.111. The quantitative estimate of drug-likeness (QED) is 0.413. The molecule has 26 heavy (non-hydrogen) atoms. The number of oxazole rings is 1. The average molecular weight is 355 g/mol. The SMILES string of the molecule is Cc1cc(N=Nc2ncc(C(=O)Oc3ccc(F)cc3)o2)cc(C)c1O. The number of halogens is 1. The minimum atomic E-state index is -0.790. The Morgan fingerprint density at radius 1 is 1.15 bits per heavy atom. The Labute approximate surface area is 147 Å². The smallest absolute Gasteiger partial charge is 0.381 e. The van der Waals surface area contributed by atoms with Crippen molar-refractivity contribution in [3.8, 4) is 11.5 Å². The molecule has 0 radical (unpaired) electrons. The molecule has 3 aromatic rings. The summed E-state index contributed by atoms with van der Waals surface area (Å²) in [6, 6.07) is 8.16. The lowest BCUT2D eigenvalue weighted by atomic mass is 10.1. The van der Waals surface area contributed by atoms with Crippen molar-refractivity contribution in [3.05, 3.63) is 65.3 Å². The van der Waals surface area contributed by atoms with Gasteiger partial charge in [0.05, 0.1) is 11.9 Å². The number of ether oxygens (including phenoxy) is 1. The lowest BCUT2D eigenvalue weighted by Crippen LogP contribution is -2.07. The van der Waals surface area contributed by atoms with Crippen molar-refractivity contribution in [1.29, 1.82) is 0 Å². The van der Waals surface area contributed by atoms with E-state index >= 15 is 0 Å². The molecule has 8 heteroatoms. The predicted molar refractivity (Wildman–Crippen MR) is 89.6 cm³/mol. The number of esters is 1. The van der Waals surface area contributed by atoms with E-state index in [0.717, 1.165) is 6.20 Å². The van der Waals surface area contributed by atoms with Gasteiger partial charge in [-0.2, -0.15) is 4.98 Å². The zero-order valence-corrected chi connectivity index (χ0v) is 13.9. The maximum atomic E-state index is 12.8. The molecule has 2 aromatic carbocycles. The van der Waals surface area contributed by atoms with Crippen LogP contribution in [0, 0.1) is 19.7 Å². The third-order valence-corrected chi connectivity index (χ3v) is 3.45. The second-order valence-electron chi connectivity index (χ2n) is 5.48. The maximum absolute atomic E-state index is 12.8. The molecule has 0 bridgehead atoms. The Morgan fingerprint density at radius 3 is 2.46 bits per heavy atom. The Morgan fingerprint density at radius 2 is 1.81 bits per heavy atom. The number of aromatic nitrogens is 1. The van der Waals surface area contributed by atoms with Crippen LogP contribution in [0.15, 0.2) is 57.2 Å². The van der Waals surface area contributed by atoms with Gasteiger partial charge in [-0.05, 0) is 61.4 Å². The number of hydrogen-bond acceptors (Lipinski definition) is 7. The van der Waals surface area contributed by atoms with Gasteiger partial charge in [0.2, 0.25) is 5.76 Å². The number of nitrogens with zero attached hydrogens (tertiary/aromatic N) is 3. The number of hydrogen-bond donors (Lipinski definition) is 1. The summed E-state index contributed by atoms with van der Waals surface area (Å²) in [5.41, 5.74) is 1.83. The molecule has 0 saturated carbocycles. The number of carbonyl (C=O) groups is 1. The minimum absolute atomic E-state index is 0.126. The van der Waals surface area contributed by atoms with Crippen LogP contribution in [-0.4, -0.2) is 16.1 Å². The molecule has 1 aromatic heterocycles. The summed E-state index contributed by atoms with van der Waals surface area (Å²) >= 11 is 0. The van der Waals surface area contributed by atoms with Crippen LogP contribution in [0.25, 0.3) is 0 Å².